The molecule has 1 heteroatoms. The predicted molar refractivity (Wildman–Crippen MR) is 58.1 cm³/mol. The Kier molecular flexibility index (Phi) is 2.40. The molecule has 71 valence electrons. The molecule has 0 aliphatic heterocycles. The predicted octanol–water partition coefficient (Wildman–Crippen LogP) is 3.94. The van der Waals surface area contributed by atoms with Gasteiger partial charge in [-0.2, -0.15) is 0 Å². The lowest BCUT2D eigenvalue weighted by atomic mass is 10.0. The summed E-state index contributed by atoms with van der Waals surface area (Å²) in [6.07, 6.45) is 1.90. The van der Waals surface area contributed by atoms with E-state index in [-0.39, 0.29) is 5.75 Å². The minimum absolute atomic E-state index is 0.199. The summed E-state index contributed by atoms with van der Waals surface area (Å²) < 4.78 is 0. The van der Waals surface area contributed by atoms with E-state index in [4.69, 9.17) is 0 Å². The maximum atomic E-state index is 11.9. The molecule has 14 heavy (non-hydrogen) atoms. The summed E-state index contributed by atoms with van der Waals surface area (Å²) in [5.41, 5.74) is 0.936. The molecule has 0 N–H and O–H groups in total. The lowest BCUT2D eigenvalue weighted by Crippen LogP contribution is -1.84. The Balaban J connectivity index is 2.63. The zero-order valence-electron chi connectivity index (χ0n) is 8.29. The van der Waals surface area contributed by atoms with Crippen LogP contribution in [0.5, 0.6) is 5.75 Å². The Morgan fingerprint density at radius 2 is 1.86 bits per heavy atom. The molecule has 0 fully saturated rings. The molecule has 2 aromatic rings. The number of rotatable bonds is 2. The van der Waals surface area contributed by atoms with E-state index in [1.807, 2.05) is 36.4 Å². The van der Waals surface area contributed by atoms with Gasteiger partial charge in [0.25, 0.3) is 0 Å². The van der Waals surface area contributed by atoms with Crippen molar-refractivity contribution in [2.75, 3.05) is 0 Å². The third-order valence-corrected chi connectivity index (χ3v) is 2.48. The molecule has 0 heterocycles. The molecular formula is C13H13O. The van der Waals surface area contributed by atoms with Gasteiger partial charge in [-0.15, -0.1) is 0 Å². The highest BCUT2D eigenvalue weighted by Gasteiger charge is 2.06. The van der Waals surface area contributed by atoms with E-state index in [1.54, 1.807) is 0 Å². The van der Waals surface area contributed by atoms with Gasteiger partial charge in [-0.3, -0.25) is 5.11 Å². The second-order valence-corrected chi connectivity index (χ2v) is 3.52. The second-order valence-electron chi connectivity index (χ2n) is 3.52. The molecule has 2 aromatic carbocycles. The van der Waals surface area contributed by atoms with Crippen LogP contribution in [0.4, 0.5) is 0 Å². The molecule has 0 amide bonds. The first-order valence-corrected chi connectivity index (χ1v) is 5.00. The highest BCUT2D eigenvalue weighted by molar-refractivity contribution is 5.89. The van der Waals surface area contributed by atoms with Crippen molar-refractivity contribution in [1.29, 1.82) is 0 Å². The zero-order valence-corrected chi connectivity index (χ0v) is 8.29. The Labute approximate surface area is 84.0 Å². The minimum Gasteiger partial charge on any atom is -0.289 e. The molecule has 0 atom stereocenters. The van der Waals surface area contributed by atoms with Crippen molar-refractivity contribution in [2.24, 2.45) is 0 Å². The van der Waals surface area contributed by atoms with Crippen molar-refractivity contribution >= 4 is 10.8 Å². The molecule has 1 nitrogen and oxygen atoms in total. The molecule has 0 saturated carbocycles. The monoisotopic (exact) mass is 185 g/mol. The smallest absolute Gasteiger partial charge is 0.189 e. The molecule has 0 unspecified atom stereocenters. The Hall–Kier alpha value is -1.50. The fraction of sp³-hybridized carbons (Fsp3) is 0.231. The molecule has 0 aliphatic carbocycles. The Bertz CT molecular complexity index is 446. The summed E-state index contributed by atoms with van der Waals surface area (Å²) in [6, 6.07) is 11.7. The summed E-state index contributed by atoms with van der Waals surface area (Å²) in [5, 5.41) is 13.8. The van der Waals surface area contributed by atoms with Gasteiger partial charge in [-0.1, -0.05) is 49.7 Å². The van der Waals surface area contributed by atoms with E-state index in [9.17, 15) is 5.11 Å². The van der Waals surface area contributed by atoms with Gasteiger partial charge in [-0.25, -0.2) is 0 Å². The van der Waals surface area contributed by atoms with Gasteiger partial charge in [0, 0.05) is 10.9 Å². The van der Waals surface area contributed by atoms with Crippen LogP contribution in [0, 0.1) is 0 Å². The normalized spacial score (nSPS) is 10.6. The van der Waals surface area contributed by atoms with Crippen molar-refractivity contribution in [1.82, 2.24) is 0 Å². The Morgan fingerprint density at radius 1 is 1.07 bits per heavy atom. The maximum Gasteiger partial charge on any atom is 0.189 e. The highest BCUT2D eigenvalue weighted by Crippen LogP contribution is 2.29. The third kappa shape index (κ3) is 1.46. The van der Waals surface area contributed by atoms with Gasteiger partial charge >= 0.3 is 0 Å². The molecule has 0 bridgehead atoms. The molecule has 0 aromatic heterocycles. The highest BCUT2D eigenvalue weighted by atomic mass is 16.3. The van der Waals surface area contributed by atoms with Gasteiger partial charge in [0.05, 0.1) is 0 Å². The zero-order chi connectivity index (χ0) is 9.97. The first-order valence-electron chi connectivity index (χ1n) is 5.00. The molecule has 1 radical (unpaired) electrons. The summed E-state index contributed by atoms with van der Waals surface area (Å²) in [5.74, 6) is 0.199. The van der Waals surface area contributed by atoms with Crippen molar-refractivity contribution in [3.05, 3.63) is 42.0 Å². The van der Waals surface area contributed by atoms with Crippen LogP contribution < -0.4 is 0 Å². The Morgan fingerprint density at radius 3 is 2.64 bits per heavy atom. The van der Waals surface area contributed by atoms with Crippen LogP contribution in [0.2, 0.25) is 0 Å². The van der Waals surface area contributed by atoms with Crippen LogP contribution in [0.3, 0.4) is 0 Å². The largest absolute Gasteiger partial charge is 0.289 e. The van der Waals surface area contributed by atoms with Crippen LogP contribution >= 0.6 is 0 Å². The lowest BCUT2D eigenvalue weighted by Gasteiger charge is -2.03. The van der Waals surface area contributed by atoms with E-state index in [0.29, 0.717) is 0 Å². The first kappa shape index (κ1) is 9.07. The van der Waals surface area contributed by atoms with Crippen LogP contribution in [0.25, 0.3) is 10.8 Å². The number of fused-ring (bicyclic) bond motifs is 1. The standard InChI is InChI=1S/C13H13O/c1-2-5-11-9-8-10-6-3-4-7-12(10)13(11)14/h3-4,6-9H,2,5H2,1H3. The summed E-state index contributed by atoms with van der Waals surface area (Å²) in [4.78, 5) is 0. The van der Waals surface area contributed by atoms with E-state index >= 15 is 0 Å². The SMILES string of the molecule is CCCc1ccc2ccccc2c1[O]. The first-order chi connectivity index (χ1) is 6.83. The fourth-order valence-corrected chi connectivity index (χ4v) is 1.75. The molecule has 0 saturated heterocycles. The molecule has 0 aliphatic rings. The molecule has 0 spiro atoms. The van der Waals surface area contributed by atoms with Gasteiger partial charge in [0.2, 0.25) is 0 Å². The van der Waals surface area contributed by atoms with E-state index in [1.165, 1.54) is 0 Å². The molecular weight excluding hydrogens is 172 g/mol. The summed E-state index contributed by atoms with van der Waals surface area (Å²) >= 11 is 0. The van der Waals surface area contributed by atoms with Crippen LogP contribution in [-0.4, -0.2) is 0 Å². The van der Waals surface area contributed by atoms with Crippen molar-refractivity contribution < 1.29 is 5.11 Å². The molecule has 2 rings (SSSR count). The van der Waals surface area contributed by atoms with Gasteiger partial charge in [0.1, 0.15) is 0 Å². The number of hydrogen-bond acceptors (Lipinski definition) is 0. The van der Waals surface area contributed by atoms with Crippen LogP contribution in [-0.2, 0) is 11.5 Å². The van der Waals surface area contributed by atoms with Crippen molar-refractivity contribution in [3.8, 4) is 5.75 Å². The van der Waals surface area contributed by atoms with E-state index in [0.717, 1.165) is 29.2 Å². The summed E-state index contributed by atoms with van der Waals surface area (Å²) in [7, 11) is 0. The van der Waals surface area contributed by atoms with Crippen molar-refractivity contribution in [2.45, 2.75) is 19.8 Å². The number of aryl methyl sites for hydroxylation is 1. The van der Waals surface area contributed by atoms with E-state index in [2.05, 4.69) is 6.92 Å². The fourth-order valence-electron chi connectivity index (χ4n) is 1.75. The second kappa shape index (κ2) is 3.70. The maximum absolute atomic E-state index is 11.9. The van der Waals surface area contributed by atoms with Gasteiger partial charge in [0.15, 0.2) is 5.75 Å². The number of benzene rings is 2. The van der Waals surface area contributed by atoms with E-state index < -0.39 is 0 Å². The average molecular weight is 185 g/mol. The quantitative estimate of drug-likeness (QED) is 0.675. The van der Waals surface area contributed by atoms with Gasteiger partial charge in [-0.05, 0) is 11.8 Å². The van der Waals surface area contributed by atoms with Gasteiger partial charge < -0.3 is 0 Å². The lowest BCUT2D eigenvalue weighted by molar-refractivity contribution is 0.355. The topological polar surface area (TPSA) is 19.9 Å². The van der Waals surface area contributed by atoms with Crippen molar-refractivity contribution in [3.63, 3.8) is 0 Å². The van der Waals surface area contributed by atoms with Crippen LogP contribution in [0.1, 0.15) is 18.9 Å². The number of hydrogen-bond donors (Lipinski definition) is 0. The average Bonchev–Trinajstić information content (AvgIpc) is 2.23. The van der Waals surface area contributed by atoms with Crippen LogP contribution in [0.15, 0.2) is 36.4 Å². The third-order valence-electron chi connectivity index (χ3n) is 2.48. The summed E-state index contributed by atoms with van der Waals surface area (Å²) in [6.45, 7) is 2.09. The minimum atomic E-state index is 0.199.